The van der Waals surface area contributed by atoms with E-state index in [0.29, 0.717) is 5.69 Å². The van der Waals surface area contributed by atoms with Crippen LogP contribution in [0.4, 0.5) is 30.5 Å². The number of aliphatic hydroxyl groups is 1. The molecule has 0 saturated carbocycles. The molecule has 1 fully saturated rings. The topological polar surface area (TPSA) is 114 Å². The number of alkyl halides is 3. The zero-order valence-electron chi connectivity index (χ0n) is 22.1. The predicted octanol–water partition coefficient (Wildman–Crippen LogP) is 2.80. The second kappa shape index (κ2) is 9.89. The maximum atomic E-state index is 13.7. The van der Waals surface area contributed by atoms with Crippen molar-refractivity contribution in [1.29, 1.82) is 0 Å². The molecule has 1 aromatic carbocycles. The minimum atomic E-state index is -5.03. The summed E-state index contributed by atoms with van der Waals surface area (Å²) in [7, 11) is 2.10. The third-order valence-corrected chi connectivity index (χ3v) is 7.33. The Morgan fingerprint density at radius 2 is 1.85 bits per heavy atom. The second-order valence-corrected chi connectivity index (χ2v) is 10.0. The molecule has 0 spiro atoms. The van der Waals surface area contributed by atoms with Crippen molar-refractivity contribution in [2.45, 2.75) is 18.3 Å². The molecule has 5 heterocycles. The molecule has 4 aromatic rings. The first-order chi connectivity index (χ1) is 19.6. The van der Waals surface area contributed by atoms with Crippen LogP contribution >= 0.6 is 0 Å². The Morgan fingerprint density at radius 1 is 1.12 bits per heavy atom. The summed E-state index contributed by atoms with van der Waals surface area (Å²) in [6.07, 6.45) is -2.21. The standard InChI is InChI=1S/C27H27F3N8O3/c1-3-10-37-24(39)19-15-31-25(32-17-4-6-18(7-5-17)36-13-11-35(2)12-14-36)34-23(19)38(37)21-9-8-20-22(33-21)26(40,16-41-20)27(28,29)30/h3-9,15,40H,1,10-14,16H2,2H3,(H,31,32,34)/t26-/m0/s1. The quantitative estimate of drug-likeness (QED) is 0.339. The molecule has 41 heavy (non-hydrogen) atoms. The third kappa shape index (κ3) is 4.58. The molecular formula is C27H27F3N8O3. The molecule has 2 aliphatic heterocycles. The van der Waals surface area contributed by atoms with Gasteiger partial charge in [-0.05, 0) is 43.4 Å². The first-order valence-corrected chi connectivity index (χ1v) is 12.9. The van der Waals surface area contributed by atoms with Crippen LogP contribution < -0.4 is 20.5 Å². The van der Waals surface area contributed by atoms with Crippen molar-refractivity contribution in [2.75, 3.05) is 50.1 Å². The number of benzene rings is 1. The van der Waals surface area contributed by atoms with Gasteiger partial charge in [0, 0.05) is 43.8 Å². The zero-order valence-corrected chi connectivity index (χ0v) is 22.1. The monoisotopic (exact) mass is 568 g/mol. The molecule has 0 amide bonds. The van der Waals surface area contributed by atoms with Crippen LogP contribution in [0.15, 0.2) is 60.0 Å². The Labute approximate surface area is 232 Å². The van der Waals surface area contributed by atoms with Gasteiger partial charge in [0.2, 0.25) is 11.5 Å². The van der Waals surface area contributed by atoms with Crippen molar-refractivity contribution in [3.05, 3.63) is 71.3 Å². The molecule has 6 rings (SSSR count). The van der Waals surface area contributed by atoms with Crippen LogP contribution in [0.25, 0.3) is 16.9 Å². The summed E-state index contributed by atoms with van der Waals surface area (Å²) < 4.78 is 48.8. The lowest BCUT2D eigenvalue weighted by Gasteiger charge is -2.34. The fraction of sp³-hybridized carbons (Fsp3) is 0.333. The van der Waals surface area contributed by atoms with Crippen molar-refractivity contribution in [2.24, 2.45) is 0 Å². The number of nitrogens with zero attached hydrogens (tertiary/aromatic N) is 7. The van der Waals surface area contributed by atoms with E-state index >= 15 is 0 Å². The highest BCUT2D eigenvalue weighted by molar-refractivity contribution is 5.77. The van der Waals surface area contributed by atoms with E-state index in [1.54, 1.807) is 0 Å². The molecule has 14 heteroatoms. The number of anilines is 3. The number of nitrogens with one attached hydrogen (secondary N) is 1. The lowest BCUT2D eigenvalue weighted by Crippen LogP contribution is -2.44. The molecule has 1 saturated heterocycles. The highest BCUT2D eigenvalue weighted by Gasteiger charge is 2.61. The Morgan fingerprint density at radius 3 is 2.54 bits per heavy atom. The van der Waals surface area contributed by atoms with Crippen LogP contribution in [0.5, 0.6) is 5.75 Å². The highest BCUT2D eigenvalue weighted by atomic mass is 19.4. The number of fused-ring (bicyclic) bond motifs is 2. The van der Waals surface area contributed by atoms with Gasteiger partial charge in [0.1, 0.15) is 23.4 Å². The van der Waals surface area contributed by atoms with Gasteiger partial charge in [0.15, 0.2) is 11.5 Å². The first kappa shape index (κ1) is 26.8. The summed E-state index contributed by atoms with van der Waals surface area (Å²) in [5.74, 6) is -0.0858. The Bertz CT molecular complexity index is 1680. The van der Waals surface area contributed by atoms with Crippen molar-refractivity contribution in [1.82, 2.24) is 29.2 Å². The maximum absolute atomic E-state index is 13.7. The Kier molecular flexibility index (Phi) is 6.46. The number of likely N-dealkylation sites (N-methyl/N-ethyl adjacent to an activating group) is 1. The van der Waals surface area contributed by atoms with E-state index in [1.807, 2.05) is 24.3 Å². The summed E-state index contributed by atoms with van der Waals surface area (Å²) in [5.41, 5.74) is -2.53. The number of hydrogen-bond donors (Lipinski definition) is 2. The molecular weight excluding hydrogens is 541 g/mol. The average molecular weight is 569 g/mol. The van der Waals surface area contributed by atoms with Crippen LogP contribution in [-0.2, 0) is 12.1 Å². The fourth-order valence-corrected chi connectivity index (χ4v) is 4.99. The van der Waals surface area contributed by atoms with E-state index in [9.17, 15) is 23.1 Å². The van der Waals surface area contributed by atoms with Gasteiger partial charge in [-0.25, -0.2) is 19.3 Å². The van der Waals surface area contributed by atoms with Crippen LogP contribution in [0.2, 0.25) is 0 Å². The minimum Gasteiger partial charge on any atom is -0.488 e. The Hall–Kier alpha value is -4.43. The average Bonchev–Trinajstić information content (AvgIpc) is 3.44. The molecule has 0 unspecified atom stereocenters. The van der Waals surface area contributed by atoms with Gasteiger partial charge in [-0.3, -0.25) is 4.79 Å². The minimum absolute atomic E-state index is 0.0184. The highest BCUT2D eigenvalue weighted by Crippen LogP contribution is 2.46. The molecule has 2 aliphatic rings. The van der Waals surface area contributed by atoms with Crippen LogP contribution in [0.1, 0.15) is 5.69 Å². The van der Waals surface area contributed by atoms with Gasteiger partial charge < -0.3 is 25.0 Å². The van der Waals surface area contributed by atoms with Gasteiger partial charge in [-0.1, -0.05) is 6.08 Å². The SMILES string of the molecule is C=CCn1c(=O)c2cnc(Nc3ccc(N4CCN(C)CC4)cc3)nc2n1-c1ccc2c(n1)[C@](O)(C(F)(F)F)CO2. The summed E-state index contributed by atoms with van der Waals surface area (Å²) in [4.78, 5) is 30.7. The van der Waals surface area contributed by atoms with Gasteiger partial charge in [0.05, 0.1) is 6.54 Å². The summed E-state index contributed by atoms with van der Waals surface area (Å²) >= 11 is 0. The number of aromatic nitrogens is 5. The van der Waals surface area contributed by atoms with Gasteiger partial charge in [-0.15, -0.1) is 6.58 Å². The second-order valence-electron chi connectivity index (χ2n) is 10.0. The van der Waals surface area contributed by atoms with E-state index in [-0.39, 0.29) is 35.1 Å². The van der Waals surface area contributed by atoms with Crippen molar-refractivity contribution >= 4 is 28.4 Å². The maximum Gasteiger partial charge on any atom is 0.426 e. The van der Waals surface area contributed by atoms with Gasteiger partial charge >= 0.3 is 6.18 Å². The van der Waals surface area contributed by atoms with E-state index in [1.165, 1.54) is 33.8 Å². The third-order valence-electron chi connectivity index (χ3n) is 7.33. The lowest BCUT2D eigenvalue weighted by atomic mass is 10.0. The molecule has 0 radical (unpaired) electrons. The van der Waals surface area contributed by atoms with Gasteiger partial charge in [-0.2, -0.15) is 18.2 Å². The van der Waals surface area contributed by atoms with E-state index in [0.717, 1.165) is 31.9 Å². The number of allylic oxidation sites excluding steroid dienone is 1. The van der Waals surface area contributed by atoms with Crippen molar-refractivity contribution in [3.63, 3.8) is 0 Å². The van der Waals surface area contributed by atoms with Crippen molar-refractivity contribution in [3.8, 4) is 11.6 Å². The molecule has 1 atom stereocenters. The Balaban J connectivity index is 1.37. The van der Waals surface area contributed by atoms with E-state index < -0.39 is 29.6 Å². The van der Waals surface area contributed by atoms with Crippen LogP contribution in [-0.4, -0.2) is 80.3 Å². The fourth-order valence-electron chi connectivity index (χ4n) is 4.99. The number of pyridine rings is 1. The van der Waals surface area contributed by atoms with Crippen LogP contribution in [0.3, 0.4) is 0 Å². The molecule has 214 valence electrons. The van der Waals surface area contributed by atoms with Gasteiger partial charge in [0.25, 0.3) is 5.56 Å². The smallest absolute Gasteiger partial charge is 0.426 e. The number of ether oxygens (including phenoxy) is 1. The number of hydrogen-bond acceptors (Lipinski definition) is 9. The normalized spacial score (nSPS) is 19.3. The van der Waals surface area contributed by atoms with E-state index in [2.05, 4.69) is 43.7 Å². The molecule has 2 N–H and O–H groups in total. The summed E-state index contributed by atoms with van der Waals surface area (Å²) in [6.45, 7) is 6.53. The van der Waals surface area contributed by atoms with E-state index in [4.69, 9.17) is 4.74 Å². The molecule has 0 bridgehead atoms. The first-order valence-electron chi connectivity index (χ1n) is 12.9. The zero-order chi connectivity index (χ0) is 28.9. The molecule has 3 aromatic heterocycles. The lowest BCUT2D eigenvalue weighted by molar-refractivity contribution is -0.268. The predicted molar refractivity (Wildman–Crippen MR) is 146 cm³/mol. The van der Waals surface area contributed by atoms with Crippen LogP contribution in [0, 0.1) is 0 Å². The summed E-state index contributed by atoms with van der Waals surface area (Å²) in [6, 6.07) is 10.5. The molecule has 0 aliphatic carbocycles. The van der Waals surface area contributed by atoms with Crippen molar-refractivity contribution < 1.29 is 23.0 Å². The summed E-state index contributed by atoms with van der Waals surface area (Å²) in [5, 5.41) is 13.7. The number of halogens is 3. The molecule has 11 nitrogen and oxygen atoms in total. The number of piperazine rings is 1. The number of rotatable bonds is 6. The largest absolute Gasteiger partial charge is 0.488 e.